The van der Waals surface area contributed by atoms with Crippen molar-refractivity contribution in [2.45, 2.75) is 31.7 Å². The van der Waals surface area contributed by atoms with Gasteiger partial charge in [-0.2, -0.15) is 5.26 Å². The number of piperazine rings is 1. The minimum absolute atomic E-state index is 0.00165. The molecule has 2 heterocycles. The smallest absolute Gasteiger partial charge is 0.266 e. The standard InChI is InChI=1S/C23H28N4O3/c1-25-20-6-4-3-5-18(20)21(19(15-24)23(25)29)26-11-13-27(14-12-26)22(28)16-7-9-17(30-2)10-8-16/h7-10,18,20H,3-6,11-14H2,1-2H3. The number of nitrogens with zero attached hydrogens (tertiary/aromatic N) is 4. The Hall–Kier alpha value is -3.01. The van der Waals surface area contributed by atoms with Gasteiger partial charge >= 0.3 is 0 Å². The molecule has 2 atom stereocenters. The highest BCUT2D eigenvalue weighted by atomic mass is 16.5. The number of likely N-dealkylation sites (N-methyl/N-ethyl adjacent to an activating group) is 1. The number of carbonyl (C=O) groups is 2. The van der Waals surface area contributed by atoms with Crippen LogP contribution in [-0.2, 0) is 4.79 Å². The Morgan fingerprint density at radius 2 is 1.77 bits per heavy atom. The first-order valence-electron chi connectivity index (χ1n) is 10.6. The van der Waals surface area contributed by atoms with Crippen LogP contribution in [0.15, 0.2) is 35.5 Å². The number of ether oxygens (including phenoxy) is 1. The zero-order valence-corrected chi connectivity index (χ0v) is 17.6. The Balaban J connectivity index is 1.50. The second-order valence-electron chi connectivity index (χ2n) is 8.25. The van der Waals surface area contributed by atoms with E-state index in [2.05, 4.69) is 11.0 Å². The monoisotopic (exact) mass is 408 g/mol. The van der Waals surface area contributed by atoms with E-state index in [1.807, 2.05) is 11.9 Å². The molecule has 1 saturated carbocycles. The summed E-state index contributed by atoms with van der Waals surface area (Å²) in [5.74, 6) is 0.787. The molecule has 7 heteroatoms. The van der Waals surface area contributed by atoms with Gasteiger partial charge in [0, 0.05) is 56.4 Å². The van der Waals surface area contributed by atoms with E-state index in [9.17, 15) is 14.9 Å². The lowest BCUT2D eigenvalue weighted by atomic mass is 9.77. The van der Waals surface area contributed by atoms with E-state index in [4.69, 9.17) is 4.74 Å². The van der Waals surface area contributed by atoms with Crippen molar-refractivity contribution in [3.8, 4) is 11.8 Å². The summed E-state index contributed by atoms with van der Waals surface area (Å²) in [6.45, 7) is 2.44. The quantitative estimate of drug-likeness (QED) is 0.767. The van der Waals surface area contributed by atoms with Crippen molar-refractivity contribution in [3.05, 3.63) is 41.1 Å². The van der Waals surface area contributed by atoms with Crippen molar-refractivity contribution in [3.63, 3.8) is 0 Å². The maximum absolute atomic E-state index is 12.9. The second kappa shape index (κ2) is 8.39. The van der Waals surface area contributed by atoms with Crippen LogP contribution in [-0.4, -0.2) is 72.9 Å². The lowest BCUT2D eigenvalue weighted by molar-refractivity contribution is -0.130. The molecular formula is C23H28N4O3. The number of fused-ring (bicyclic) bond motifs is 1. The number of rotatable bonds is 3. The number of hydrogen-bond acceptors (Lipinski definition) is 5. The van der Waals surface area contributed by atoms with Gasteiger partial charge < -0.3 is 19.4 Å². The van der Waals surface area contributed by atoms with Gasteiger partial charge in [-0.15, -0.1) is 0 Å². The first-order valence-corrected chi connectivity index (χ1v) is 10.6. The van der Waals surface area contributed by atoms with Crippen LogP contribution in [0.3, 0.4) is 0 Å². The molecule has 2 aliphatic heterocycles. The van der Waals surface area contributed by atoms with Crippen molar-refractivity contribution in [2.75, 3.05) is 40.3 Å². The van der Waals surface area contributed by atoms with Crippen molar-refractivity contribution < 1.29 is 14.3 Å². The van der Waals surface area contributed by atoms with E-state index in [-0.39, 0.29) is 29.3 Å². The van der Waals surface area contributed by atoms with Gasteiger partial charge in [-0.05, 0) is 37.1 Å². The van der Waals surface area contributed by atoms with E-state index in [1.54, 1.807) is 36.3 Å². The lowest BCUT2D eigenvalue weighted by Crippen LogP contribution is -2.55. The summed E-state index contributed by atoms with van der Waals surface area (Å²) >= 11 is 0. The van der Waals surface area contributed by atoms with Crippen molar-refractivity contribution in [1.82, 2.24) is 14.7 Å². The van der Waals surface area contributed by atoms with Crippen LogP contribution in [0.1, 0.15) is 36.0 Å². The van der Waals surface area contributed by atoms with Crippen molar-refractivity contribution in [2.24, 2.45) is 5.92 Å². The number of amides is 2. The molecule has 1 saturated heterocycles. The number of hydrogen-bond donors (Lipinski definition) is 0. The molecule has 2 amide bonds. The second-order valence-corrected chi connectivity index (χ2v) is 8.25. The highest BCUT2D eigenvalue weighted by Crippen LogP contribution is 2.40. The molecule has 7 nitrogen and oxygen atoms in total. The largest absolute Gasteiger partial charge is 0.497 e. The molecule has 1 aromatic rings. The summed E-state index contributed by atoms with van der Waals surface area (Å²) in [5.41, 5.74) is 1.85. The van der Waals surface area contributed by atoms with Crippen LogP contribution in [0.25, 0.3) is 0 Å². The van der Waals surface area contributed by atoms with Crippen molar-refractivity contribution in [1.29, 1.82) is 5.26 Å². The van der Waals surface area contributed by atoms with Gasteiger partial charge in [0.1, 0.15) is 17.4 Å². The third kappa shape index (κ3) is 3.51. The SMILES string of the molecule is COc1ccc(C(=O)N2CCN(C3=C(C#N)C(=O)N(C)C4CCCCC34)CC2)cc1. The predicted molar refractivity (Wildman–Crippen MR) is 112 cm³/mol. The zero-order chi connectivity index (χ0) is 21.3. The van der Waals surface area contributed by atoms with E-state index >= 15 is 0 Å². The van der Waals surface area contributed by atoms with Crippen LogP contribution in [0.2, 0.25) is 0 Å². The average Bonchev–Trinajstić information content (AvgIpc) is 2.81. The number of carbonyl (C=O) groups excluding carboxylic acids is 2. The van der Waals surface area contributed by atoms with Crippen molar-refractivity contribution >= 4 is 11.8 Å². The van der Waals surface area contributed by atoms with Gasteiger partial charge in [0.15, 0.2) is 0 Å². The topological polar surface area (TPSA) is 76.9 Å². The number of methoxy groups -OCH3 is 1. The van der Waals surface area contributed by atoms with Gasteiger partial charge in [-0.3, -0.25) is 9.59 Å². The maximum Gasteiger partial charge on any atom is 0.266 e. The lowest BCUT2D eigenvalue weighted by Gasteiger charge is -2.48. The molecule has 4 rings (SSSR count). The van der Waals surface area contributed by atoms with Crippen LogP contribution in [0, 0.1) is 17.2 Å². The Bertz CT molecular complexity index is 894. The minimum atomic E-state index is -0.160. The summed E-state index contributed by atoms with van der Waals surface area (Å²) < 4.78 is 5.16. The van der Waals surface area contributed by atoms with Gasteiger partial charge in [0.05, 0.1) is 7.11 Å². The number of benzene rings is 1. The Morgan fingerprint density at radius 3 is 2.40 bits per heavy atom. The summed E-state index contributed by atoms with van der Waals surface area (Å²) in [6.07, 6.45) is 4.25. The predicted octanol–water partition coefficient (Wildman–Crippen LogP) is 2.26. The van der Waals surface area contributed by atoms with Gasteiger partial charge in [-0.25, -0.2) is 0 Å². The fourth-order valence-corrected chi connectivity index (χ4v) is 5.08. The molecular weight excluding hydrogens is 380 g/mol. The van der Waals surface area contributed by atoms with E-state index in [1.165, 1.54) is 0 Å². The molecule has 158 valence electrons. The molecule has 1 aliphatic carbocycles. The van der Waals surface area contributed by atoms with Crippen LogP contribution in [0.5, 0.6) is 5.75 Å². The molecule has 0 spiro atoms. The summed E-state index contributed by atoms with van der Waals surface area (Å²) in [4.78, 5) is 31.5. The van der Waals surface area contributed by atoms with Crippen LogP contribution in [0.4, 0.5) is 0 Å². The minimum Gasteiger partial charge on any atom is -0.497 e. The van der Waals surface area contributed by atoms with E-state index < -0.39 is 0 Å². The molecule has 2 fully saturated rings. The van der Waals surface area contributed by atoms with E-state index in [0.29, 0.717) is 31.7 Å². The molecule has 0 N–H and O–H groups in total. The van der Waals surface area contributed by atoms with E-state index in [0.717, 1.165) is 37.1 Å². The van der Waals surface area contributed by atoms with Gasteiger partial charge in [0.25, 0.3) is 11.8 Å². The molecule has 0 bridgehead atoms. The summed E-state index contributed by atoms with van der Waals surface area (Å²) in [7, 11) is 3.43. The third-order valence-electron chi connectivity index (χ3n) is 6.72. The summed E-state index contributed by atoms with van der Waals surface area (Å²) in [5, 5.41) is 9.75. The van der Waals surface area contributed by atoms with Gasteiger partial charge in [0.2, 0.25) is 0 Å². The Morgan fingerprint density at radius 1 is 1.10 bits per heavy atom. The Kier molecular flexibility index (Phi) is 5.67. The highest BCUT2D eigenvalue weighted by molar-refractivity contribution is 5.99. The summed E-state index contributed by atoms with van der Waals surface area (Å²) in [6, 6.07) is 9.52. The fraction of sp³-hybridized carbons (Fsp3) is 0.522. The fourth-order valence-electron chi connectivity index (χ4n) is 5.08. The maximum atomic E-state index is 12.9. The molecule has 30 heavy (non-hydrogen) atoms. The molecule has 0 radical (unpaired) electrons. The third-order valence-corrected chi connectivity index (χ3v) is 6.72. The van der Waals surface area contributed by atoms with Gasteiger partial charge in [-0.1, -0.05) is 12.8 Å². The van der Waals surface area contributed by atoms with Crippen LogP contribution >= 0.6 is 0 Å². The first kappa shape index (κ1) is 20.3. The number of nitriles is 1. The normalized spacial score (nSPS) is 24.4. The first-order chi connectivity index (χ1) is 14.5. The Labute approximate surface area is 177 Å². The molecule has 2 unspecified atom stereocenters. The average molecular weight is 409 g/mol. The molecule has 3 aliphatic rings. The van der Waals surface area contributed by atoms with Crippen LogP contribution < -0.4 is 4.74 Å². The molecule has 1 aromatic carbocycles. The highest BCUT2D eigenvalue weighted by Gasteiger charge is 2.43. The zero-order valence-electron chi connectivity index (χ0n) is 17.6. The molecule has 0 aromatic heterocycles.